The molecule has 12 nitrogen and oxygen atoms in total. The highest BCUT2D eigenvalue weighted by Crippen LogP contribution is 2.32. The molecule has 3 aromatic rings. The molecule has 2 fully saturated rings. The van der Waals surface area contributed by atoms with Crippen LogP contribution in [0.5, 0.6) is 5.75 Å². The van der Waals surface area contributed by atoms with E-state index in [1.54, 1.807) is 39.0 Å². The molecule has 0 saturated carbocycles. The predicted octanol–water partition coefficient (Wildman–Crippen LogP) is 1.64. The molecule has 5 rings (SSSR count). The number of hydrogen-bond acceptors (Lipinski definition) is 9. The average Bonchev–Trinajstić information content (AvgIpc) is 3.52. The topological polar surface area (TPSA) is 145 Å². The number of fused-ring (bicyclic) bond motifs is 2. The maximum absolute atomic E-state index is 14.1. The molecule has 0 bridgehead atoms. The summed E-state index contributed by atoms with van der Waals surface area (Å²) in [6.45, 7) is 3.04. The molecule has 0 radical (unpaired) electrons. The van der Waals surface area contributed by atoms with E-state index in [9.17, 15) is 14.4 Å². The quantitative estimate of drug-likeness (QED) is 0.328. The molecule has 4 amide bonds. The molecular weight excluding hydrogens is 546 g/mol. The van der Waals surface area contributed by atoms with E-state index in [0.29, 0.717) is 36.8 Å². The first-order valence-electron chi connectivity index (χ1n) is 13.7. The number of amides is 4. The molecule has 2 atom stereocenters. The largest absolute Gasteiger partial charge is 0.491 e. The van der Waals surface area contributed by atoms with Gasteiger partial charge in [0.1, 0.15) is 24.6 Å². The number of aromatic nitrogens is 1. The van der Waals surface area contributed by atoms with Gasteiger partial charge in [0.15, 0.2) is 5.13 Å². The molecule has 0 spiro atoms. The first-order chi connectivity index (χ1) is 19.8. The Morgan fingerprint density at radius 3 is 2.73 bits per heavy atom. The summed E-state index contributed by atoms with van der Waals surface area (Å²) in [6, 6.07) is 12.0. The molecule has 41 heavy (non-hydrogen) atoms. The number of piperazine rings is 1. The Balaban J connectivity index is 1.48. The standard InChI is InChI=1S/C28H35N7O5S/c1-3-11-33(28(39)30-2)34-17-24(37)35-21(14-18-7-9-20(10-8-18)40-13-12-36)26(38)32(16-23(34)35)15-19-5-4-6-22-25(19)31-27(29)41-22/h4-10,21,23,36H,3,11-17H2,1-2H3,(H2,29,31)(H,30,39)/t21-,23+/m0/s1. The Morgan fingerprint density at radius 2 is 2.02 bits per heavy atom. The van der Waals surface area contributed by atoms with Crippen molar-refractivity contribution in [2.24, 2.45) is 0 Å². The number of carbonyl (C=O) groups is 3. The van der Waals surface area contributed by atoms with Crippen LogP contribution in [0.4, 0.5) is 9.93 Å². The van der Waals surface area contributed by atoms with Crippen molar-refractivity contribution in [3.8, 4) is 5.75 Å². The molecule has 1 aromatic heterocycles. The van der Waals surface area contributed by atoms with E-state index in [2.05, 4.69) is 10.3 Å². The molecule has 2 aromatic carbocycles. The van der Waals surface area contributed by atoms with Gasteiger partial charge in [0.25, 0.3) is 0 Å². The number of thiazole rings is 1. The summed E-state index contributed by atoms with van der Waals surface area (Å²) in [4.78, 5) is 48.3. The summed E-state index contributed by atoms with van der Waals surface area (Å²) < 4.78 is 6.41. The Kier molecular flexibility index (Phi) is 8.57. The van der Waals surface area contributed by atoms with E-state index < -0.39 is 12.2 Å². The number of aliphatic hydroxyl groups is 1. The lowest BCUT2D eigenvalue weighted by Gasteiger charge is -2.46. The van der Waals surface area contributed by atoms with Crippen LogP contribution in [0.25, 0.3) is 10.2 Å². The zero-order valence-electron chi connectivity index (χ0n) is 23.2. The second-order valence-electron chi connectivity index (χ2n) is 10.0. The minimum Gasteiger partial charge on any atom is -0.491 e. The zero-order chi connectivity index (χ0) is 29.1. The van der Waals surface area contributed by atoms with Crippen LogP contribution in [0, 0.1) is 0 Å². The fourth-order valence-electron chi connectivity index (χ4n) is 5.54. The van der Waals surface area contributed by atoms with Crippen LogP contribution in [0.3, 0.4) is 0 Å². The van der Waals surface area contributed by atoms with Crippen molar-refractivity contribution in [1.29, 1.82) is 0 Å². The summed E-state index contributed by atoms with van der Waals surface area (Å²) in [7, 11) is 1.56. The number of nitrogens with two attached hydrogens (primary N) is 1. The summed E-state index contributed by atoms with van der Waals surface area (Å²) in [5.74, 6) is 0.242. The number of nitrogen functional groups attached to an aromatic ring is 1. The summed E-state index contributed by atoms with van der Waals surface area (Å²) in [5, 5.41) is 15.5. The highest BCUT2D eigenvalue weighted by molar-refractivity contribution is 7.22. The van der Waals surface area contributed by atoms with Gasteiger partial charge in [0, 0.05) is 26.6 Å². The molecule has 0 aliphatic carbocycles. The summed E-state index contributed by atoms with van der Waals surface area (Å²) in [6.07, 6.45) is 0.489. The van der Waals surface area contributed by atoms with Gasteiger partial charge >= 0.3 is 6.03 Å². The predicted molar refractivity (Wildman–Crippen MR) is 155 cm³/mol. The van der Waals surface area contributed by atoms with Gasteiger partial charge in [0.05, 0.1) is 29.9 Å². The van der Waals surface area contributed by atoms with Gasteiger partial charge in [-0.2, -0.15) is 5.01 Å². The van der Waals surface area contributed by atoms with E-state index >= 15 is 0 Å². The van der Waals surface area contributed by atoms with Crippen molar-refractivity contribution in [2.45, 2.75) is 38.5 Å². The van der Waals surface area contributed by atoms with E-state index in [1.165, 1.54) is 11.3 Å². The van der Waals surface area contributed by atoms with Crippen molar-refractivity contribution in [3.05, 3.63) is 53.6 Å². The highest BCUT2D eigenvalue weighted by Gasteiger charge is 2.52. The molecule has 0 unspecified atom stereocenters. The van der Waals surface area contributed by atoms with Crippen LogP contribution < -0.4 is 15.8 Å². The van der Waals surface area contributed by atoms with Gasteiger partial charge < -0.3 is 30.7 Å². The van der Waals surface area contributed by atoms with Crippen LogP contribution in [-0.4, -0.2) is 99.9 Å². The number of ether oxygens (including phenoxy) is 1. The van der Waals surface area contributed by atoms with Crippen LogP contribution in [0.2, 0.25) is 0 Å². The summed E-state index contributed by atoms with van der Waals surface area (Å²) >= 11 is 1.40. The second-order valence-corrected chi connectivity index (χ2v) is 11.1. The normalized spacial score (nSPS) is 19.1. The maximum Gasteiger partial charge on any atom is 0.331 e. The second kappa shape index (κ2) is 12.3. The van der Waals surface area contributed by atoms with Crippen molar-refractivity contribution in [2.75, 3.05) is 45.6 Å². The van der Waals surface area contributed by atoms with Gasteiger partial charge in [0.2, 0.25) is 11.8 Å². The number of carbonyl (C=O) groups excluding carboxylic acids is 3. The number of benzene rings is 2. The Morgan fingerprint density at radius 1 is 1.24 bits per heavy atom. The highest BCUT2D eigenvalue weighted by atomic mass is 32.1. The number of hydrogen-bond donors (Lipinski definition) is 3. The van der Waals surface area contributed by atoms with Crippen molar-refractivity contribution < 1.29 is 24.2 Å². The first-order valence-corrected chi connectivity index (χ1v) is 14.5. The molecule has 3 heterocycles. The molecule has 13 heteroatoms. The fourth-order valence-corrected chi connectivity index (χ4v) is 6.32. The number of urea groups is 1. The SMILES string of the molecule is CCCN(C(=O)NC)N1CC(=O)N2[C@@H](Cc3ccc(OCCO)cc3)C(=O)N(Cc3cccc4sc(N)nc34)C[C@@H]21. The number of anilines is 1. The van der Waals surface area contributed by atoms with Crippen molar-refractivity contribution in [3.63, 3.8) is 0 Å². The lowest BCUT2D eigenvalue weighted by Crippen LogP contribution is -2.66. The van der Waals surface area contributed by atoms with Crippen LogP contribution >= 0.6 is 11.3 Å². The third kappa shape index (κ3) is 5.78. The third-order valence-electron chi connectivity index (χ3n) is 7.35. The van der Waals surface area contributed by atoms with Gasteiger partial charge in [-0.1, -0.05) is 42.5 Å². The fraction of sp³-hybridized carbons (Fsp3) is 0.429. The molecule has 2 saturated heterocycles. The molecule has 218 valence electrons. The van der Waals surface area contributed by atoms with Crippen LogP contribution in [-0.2, 0) is 22.6 Å². The van der Waals surface area contributed by atoms with E-state index in [-0.39, 0.29) is 44.1 Å². The van der Waals surface area contributed by atoms with Gasteiger partial charge in [-0.25, -0.2) is 9.78 Å². The maximum atomic E-state index is 14.1. The molecule has 4 N–H and O–H groups in total. The molecular formula is C28H35N7O5S. The van der Waals surface area contributed by atoms with E-state index in [1.807, 2.05) is 37.3 Å². The number of aliphatic hydroxyl groups excluding tert-OH is 1. The number of hydrazine groups is 1. The van der Waals surface area contributed by atoms with Crippen molar-refractivity contribution >= 4 is 44.5 Å². The van der Waals surface area contributed by atoms with Crippen molar-refractivity contribution in [1.82, 2.24) is 30.1 Å². The lowest BCUT2D eigenvalue weighted by molar-refractivity contribution is -0.157. The van der Waals surface area contributed by atoms with Crippen LogP contribution in [0.1, 0.15) is 24.5 Å². The Bertz CT molecular complexity index is 1410. The number of para-hydroxylation sites is 1. The molecule has 2 aliphatic heterocycles. The monoisotopic (exact) mass is 581 g/mol. The number of nitrogens with one attached hydrogen (secondary N) is 1. The Labute approximate surface area is 242 Å². The number of rotatable bonds is 10. The summed E-state index contributed by atoms with van der Waals surface area (Å²) in [5.41, 5.74) is 8.47. The minimum atomic E-state index is -0.761. The lowest BCUT2D eigenvalue weighted by atomic mass is 9.99. The Hall–Kier alpha value is -3.94. The average molecular weight is 582 g/mol. The van der Waals surface area contributed by atoms with Gasteiger partial charge in [-0.05, 0) is 35.7 Å². The zero-order valence-corrected chi connectivity index (χ0v) is 24.0. The van der Waals surface area contributed by atoms with E-state index in [0.717, 1.165) is 21.3 Å². The minimum absolute atomic E-state index is 0.00183. The van der Waals surface area contributed by atoms with Gasteiger partial charge in [-0.3, -0.25) is 14.6 Å². The first kappa shape index (κ1) is 28.6. The van der Waals surface area contributed by atoms with Gasteiger partial charge in [-0.15, -0.1) is 0 Å². The smallest absolute Gasteiger partial charge is 0.331 e. The van der Waals surface area contributed by atoms with Crippen LogP contribution in [0.15, 0.2) is 42.5 Å². The third-order valence-corrected chi connectivity index (χ3v) is 8.20. The number of nitrogens with zero attached hydrogens (tertiary/aromatic N) is 5. The molecule has 2 aliphatic rings. The van der Waals surface area contributed by atoms with E-state index in [4.69, 9.17) is 15.6 Å².